The van der Waals surface area contributed by atoms with Crippen molar-refractivity contribution >= 4 is 22.9 Å². The number of nitrogens with zero attached hydrogens (tertiary/aromatic N) is 3. The highest BCUT2D eigenvalue weighted by Gasteiger charge is 2.10. The molecule has 76 valence electrons. The third-order valence-electron chi connectivity index (χ3n) is 2.07. The zero-order valence-electron chi connectivity index (χ0n) is 8.20. The summed E-state index contributed by atoms with van der Waals surface area (Å²) < 4.78 is 0.571. The van der Waals surface area contributed by atoms with Crippen molar-refractivity contribution in [2.45, 2.75) is 25.9 Å². The summed E-state index contributed by atoms with van der Waals surface area (Å²) in [5.74, 6) is 0. The molecule has 1 rings (SSSR count). The first-order valence-corrected chi connectivity index (χ1v) is 5.50. The summed E-state index contributed by atoms with van der Waals surface area (Å²) in [5.41, 5.74) is 0. The first kappa shape index (κ1) is 11.4. The van der Waals surface area contributed by atoms with Crippen LogP contribution >= 0.6 is 22.9 Å². The van der Waals surface area contributed by atoms with Crippen LogP contribution < -0.4 is 0 Å². The van der Waals surface area contributed by atoms with Gasteiger partial charge in [0.25, 0.3) is 0 Å². The first-order chi connectivity index (χ1) is 6.63. The van der Waals surface area contributed by atoms with Crippen molar-refractivity contribution in [3.8, 4) is 6.07 Å². The molecule has 1 atom stereocenters. The van der Waals surface area contributed by atoms with E-state index in [1.807, 2.05) is 14.0 Å². The Hall–Kier alpha value is -0.630. The highest BCUT2D eigenvalue weighted by Crippen LogP contribution is 2.19. The molecule has 0 saturated carbocycles. The number of hydrogen-bond acceptors (Lipinski definition) is 4. The van der Waals surface area contributed by atoms with Crippen LogP contribution in [0.3, 0.4) is 0 Å². The van der Waals surface area contributed by atoms with Gasteiger partial charge in [0.2, 0.25) is 0 Å². The maximum atomic E-state index is 8.55. The number of aromatic nitrogens is 1. The molecule has 0 bridgehead atoms. The highest BCUT2D eigenvalue weighted by atomic mass is 35.5. The van der Waals surface area contributed by atoms with Gasteiger partial charge >= 0.3 is 0 Å². The second-order valence-electron chi connectivity index (χ2n) is 3.21. The van der Waals surface area contributed by atoms with Gasteiger partial charge in [-0.2, -0.15) is 5.26 Å². The molecule has 5 heteroatoms. The van der Waals surface area contributed by atoms with Crippen molar-refractivity contribution in [2.75, 3.05) is 7.05 Å². The predicted molar refractivity (Wildman–Crippen MR) is 58.3 cm³/mol. The van der Waals surface area contributed by atoms with Gasteiger partial charge < -0.3 is 0 Å². The van der Waals surface area contributed by atoms with Crippen LogP contribution in [0.25, 0.3) is 0 Å². The van der Waals surface area contributed by atoms with E-state index in [0.29, 0.717) is 10.9 Å². The van der Waals surface area contributed by atoms with Gasteiger partial charge in [-0.3, -0.25) is 4.90 Å². The molecule has 0 N–H and O–H groups in total. The van der Waals surface area contributed by atoms with Gasteiger partial charge in [0, 0.05) is 23.7 Å². The maximum absolute atomic E-state index is 8.55. The molecule has 0 aliphatic heterocycles. The van der Waals surface area contributed by atoms with Crippen molar-refractivity contribution in [3.05, 3.63) is 15.5 Å². The Morgan fingerprint density at radius 3 is 3.00 bits per heavy atom. The van der Waals surface area contributed by atoms with E-state index in [2.05, 4.69) is 16.0 Å². The lowest BCUT2D eigenvalue weighted by Gasteiger charge is -2.21. The van der Waals surface area contributed by atoms with E-state index in [4.69, 9.17) is 16.9 Å². The molecule has 0 radical (unpaired) electrons. The minimum Gasteiger partial charge on any atom is -0.298 e. The van der Waals surface area contributed by atoms with E-state index in [1.165, 1.54) is 11.3 Å². The van der Waals surface area contributed by atoms with E-state index in [-0.39, 0.29) is 6.04 Å². The average molecular weight is 230 g/mol. The number of halogens is 1. The maximum Gasteiger partial charge on any atom is 0.183 e. The number of rotatable bonds is 4. The Morgan fingerprint density at radius 1 is 1.79 bits per heavy atom. The van der Waals surface area contributed by atoms with Gasteiger partial charge in [-0.25, -0.2) is 4.98 Å². The Balaban J connectivity index is 2.49. The zero-order chi connectivity index (χ0) is 10.6. The molecule has 0 aliphatic carbocycles. The molecular weight excluding hydrogens is 218 g/mol. The fraction of sp³-hybridized carbons (Fsp3) is 0.556. The largest absolute Gasteiger partial charge is 0.298 e. The Kier molecular flexibility index (Phi) is 4.33. The first-order valence-electron chi connectivity index (χ1n) is 4.31. The molecule has 1 heterocycles. The Bertz CT molecular complexity index is 331. The summed E-state index contributed by atoms with van der Waals surface area (Å²) in [6.45, 7) is 2.83. The van der Waals surface area contributed by atoms with Crippen molar-refractivity contribution in [1.82, 2.24) is 9.88 Å². The fourth-order valence-corrected chi connectivity index (χ4v) is 2.09. The Labute approximate surface area is 92.9 Å². The summed E-state index contributed by atoms with van der Waals surface area (Å²) in [4.78, 5) is 7.21. The predicted octanol–water partition coefficient (Wildman–Crippen LogP) is 2.53. The zero-order valence-corrected chi connectivity index (χ0v) is 9.77. The molecule has 0 aromatic carbocycles. The monoisotopic (exact) mass is 229 g/mol. The molecular formula is C9H12ClN3S. The van der Waals surface area contributed by atoms with E-state index in [1.54, 1.807) is 6.20 Å². The summed E-state index contributed by atoms with van der Waals surface area (Å²) in [6.07, 6.45) is 2.33. The summed E-state index contributed by atoms with van der Waals surface area (Å²) in [5, 5.41) is 8.55. The lowest BCUT2D eigenvalue weighted by atomic mass is 10.2. The number of hydrogen-bond donors (Lipinski definition) is 0. The third-order valence-corrected chi connectivity index (χ3v) is 3.17. The van der Waals surface area contributed by atoms with E-state index in [9.17, 15) is 0 Å². The summed E-state index contributed by atoms with van der Waals surface area (Å²) in [7, 11) is 2.00. The normalized spacial score (nSPS) is 12.8. The molecule has 0 spiro atoms. The number of thiazole rings is 1. The third kappa shape index (κ3) is 3.26. The quantitative estimate of drug-likeness (QED) is 0.797. The lowest BCUT2D eigenvalue weighted by Crippen LogP contribution is -2.27. The molecule has 1 aromatic heterocycles. The molecule has 3 nitrogen and oxygen atoms in total. The van der Waals surface area contributed by atoms with Crippen LogP contribution in [-0.4, -0.2) is 23.0 Å². The van der Waals surface area contributed by atoms with Crippen molar-refractivity contribution in [1.29, 1.82) is 5.26 Å². The molecule has 0 saturated heterocycles. The number of nitriles is 1. The smallest absolute Gasteiger partial charge is 0.183 e. The van der Waals surface area contributed by atoms with Gasteiger partial charge in [-0.1, -0.05) is 11.6 Å². The van der Waals surface area contributed by atoms with E-state index in [0.717, 1.165) is 11.4 Å². The van der Waals surface area contributed by atoms with Crippen LogP contribution in [0.1, 0.15) is 18.2 Å². The lowest BCUT2D eigenvalue weighted by molar-refractivity contribution is 0.254. The molecule has 0 fully saturated rings. The van der Waals surface area contributed by atoms with Gasteiger partial charge in [-0.05, 0) is 14.0 Å². The van der Waals surface area contributed by atoms with Crippen LogP contribution in [-0.2, 0) is 6.54 Å². The van der Waals surface area contributed by atoms with Gasteiger partial charge in [0.05, 0.1) is 12.5 Å². The fourth-order valence-electron chi connectivity index (χ4n) is 1.05. The molecule has 0 aliphatic rings. The Morgan fingerprint density at radius 2 is 2.50 bits per heavy atom. The molecule has 0 amide bonds. The van der Waals surface area contributed by atoms with Crippen LogP contribution in [0, 0.1) is 11.3 Å². The standard InChI is InChI=1S/C9H12ClN3S/c1-7(3-4-11)13(2)6-8-5-12-9(10)14-8/h5,7H,3,6H2,1-2H3. The average Bonchev–Trinajstić information content (AvgIpc) is 2.51. The second-order valence-corrected chi connectivity index (χ2v) is 4.90. The highest BCUT2D eigenvalue weighted by molar-refractivity contribution is 7.15. The van der Waals surface area contributed by atoms with Crippen LogP contribution in [0.5, 0.6) is 0 Å². The van der Waals surface area contributed by atoms with Crippen LogP contribution in [0.2, 0.25) is 4.47 Å². The van der Waals surface area contributed by atoms with Gasteiger partial charge in [0.1, 0.15) is 0 Å². The van der Waals surface area contributed by atoms with Crippen LogP contribution in [0.4, 0.5) is 0 Å². The minimum absolute atomic E-state index is 0.265. The summed E-state index contributed by atoms with van der Waals surface area (Å²) in [6, 6.07) is 2.42. The van der Waals surface area contributed by atoms with E-state index < -0.39 is 0 Å². The van der Waals surface area contributed by atoms with Crippen molar-refractivity contribution in [2.24, 2.45) is 0 Å². The van der Waals surface area contributed by atoms with Crippen LogP contribution in [0.15, 0.2) is 6.20 Å². The molecule has 1 unspecified atom stereocenters. The molecule has 1 aromatic rings. The second kappa shape index (κ2) is 5.30. The van der Waals surface area contributed by atoms with Crippen molar-refractivity contribution < 1.29 is 0 Å². The SMILES string of the molecule is CC(CC#N)N(C)Cc1cnc(Cl)s1. The summed E-state index contributed by atoms with van der Waals surface area (Å²) >= 11 is 7.20. The van der Waals surface area contributed by atoms with Gasteiger partial charge in [0.15, 0.2) is 4.47 Å². The topological polar surface area (TPSA) is 39.9 Å². The van der Waals surface area contributed by atoms with Crippen molar-refractivity contribution in [3.63, 3.8) is 0 Å². The molecule has 14 heavy (non-hydrogen) atoms. The van der Waals surface area contributed by atoms with E-state index >= 15 is 0 Å². The minimum atomic E-state index is 0.265. The van der Waals surface area contributed by atoms with Gasteiger partial charge in [-0.15, -0.1) is 11.3 Å².